The quantitative estimate of drug-likeness (QED) is 0.622. The zero-order chi connectivity index (χ0) is 20.7. The van der Waals surface area contributed by atoms with Crippen molar-refractivity contribution in [3.05, 3.63) is 24.7 Å². The van der Waals surface area contributed by atoms with Crippen LogP contribution in [0.2, 0.25) is 3.67 Å². The van der Waals surface area contributed by atoms with Gasteiger partial charge in [-0.1, -0.05) is 0 Å². The molecule has 2 fully saturated rings. The van der Waals surface area contributed by atoms with Gasteiger partial charge >= 0.3 is 187 Å². The van der Waals surface area contributed by atoms with Gasteiger partial charge in [-0.05, 0) is 0 Å². The first-order chi connectivity index (χ1) is 14.6. The van der Waals surface area contributed by atoms with Gasteiger partial charge in [0.25, 0.3) is 0 Å². The van der Waals surface area contributed by atoms with E-state index in [-0.39, 0.29) is 21.5 Å². The molecule has 3 atom stereocenters. The van der Waals surface area contributed by atoms with Crippen LogP contribution in [-0.4, -0.2) is 81.7 Å². The first-order valence-corrected chi connectivity index (χ1v) is 13.8. The van der Waals surface area contributed by atoms with Crippen LogP contribution in [0.15, 0.2) is 27.6 Å². The topological polar surface area (TPSA) is 90.6 Å². The summed E-state index contributed by atoms with van der Waals surface area (Å²) in [5.74, 6) is 0.586. The van der Waals surface area contributed by atoms with E-state index in [4.69, 9.17) is 14.2 Å². The molecule has 2 aromatic heterocycles. The van der Waals surface area contributed by atoms with Crippen molar-refractivity contribution in [1.82, 2.24) is 14.6 Å². The Morgan fingerprint density at radius 2 is 2.23 bits per heavy atom. The summed E-state index contributed by atoms with van der Waals surface area (Å²) in [4.78, 5) is 20.3. The first kappa shape index (κ1) is 20.3. The van der Waals surface area contributed by atoms with Gasteiger partial charge < -0.3 is 0 Å². The van der Waals surface area contributed by atoms with Gasteiger partial charge in [0.05, 0.1) is 0 Å². The normalized spacial score (nSPS) is 27.8. The molecule has 1 unspecified atom stereocenters. The van der Waals surface area contributed by atoms with E-state index in [1.807, 2.05) is 17.2 Å². The summed E-state index contributed by atoms with van der Waals surface area (Å²) in [6, 6.07) is 1.88. The van der Waals surface area contributed by atoms with Crippen molar-refractivity contribution in [2.75, 3.05) is 25.2 Å². The number of anilines is 1. The average Bonchev–Trinajstić information content (AvgIpc) is 3.50. The maximum absolute atomic E-state index is 13.8. The number of carbonyl (C=O) groups is 1. The molecule has 30 heavy (non-hydrogen) atoms. The number of ether oxygens (including phenoxy) is 3. The van der Waals surface area contributed by atoms with Gasteiger partial charge in [0.2, 0.25) is 0 Å². The van der Waals surface area contributed by atoms with Gasteiger partial charge in [0.1, 0.15) is 0 Å². The van der Waals surface area contributed by atoms with Crippen LogP contribution in [0.25, 0.3) is 5.65 Å². The van der Waals surface area contributed by atoms with Crippen LogP contribution in [0.4, 0.5) is 5.69 Å². The Bertz CT molecular complexity index is 973. The molecule has 10 heteroatoms. The molecule has 157 valence electrons. The fraction of sp³-hybridized carbons (Fsp3) is 0.600. The first-order valence-electron chi connectivity index (χ1n) is 10.4. The average molecular weight is 514 g/mol. The van der Waals surface area contributed by atoms with Crippen LogP contribution in [0.1, 0.15) is 32.6 Å². The summed E-state index contributed by atoms with van der Waals surface area (Å²) < 4.78 is 23.5. The second-order valence-corrected chi connectivity index (χ2v) is 12.1. The molecular formula is C20H25InN5O4. The van der Waals surface area contributed by atoms with Crippen LogP contribution in [-0.2, 0) is 19.0 Å². The number of amides is 1. The van der Waals surface area contributed by atoms with E-state index in [0.717, 1.165) is 30.8 Å². The summed E-state index contributed by atoms with van der Waals surface area (Å²) in [6.07, 6.45) is 8.34. The Morgan fingerprint density at radius 3 is 2.97 bits per heavy atom. The molecule has 1 amide bonds. The van der Waals surface area contributed by atoms with Crippen molar-refractivity contribution in [2.24, 2.45) is 8.90 Å². The van der Waals surface area contributed by atoms with Gasteiger partial charge in [-0.2, -0.15) is 0 Å². The molecule has 1 spiro atoms. The van der Waals surface area contributed by atoms with Crippen molar-refractivity contribution in [2.45, 2.75) is 48.1 Å². The third-order valence-electron chi connectivity index (χ3n) is 6.36. The van der Waals surface area contributed by atoms with Crippen molar-refractivity contribution >= 4 is 46.3 Å². The number of fused-ring (bicyclic) bond motifs is 1. The number of rotatable bonds is 3. The molecular weight excluding hydrogens is 489 g/mol. The van der Waals surface area contributed by atoms with Crippen molar-refractivity contribution in [1.29, 1.82) is 0 Å². The molecule has 4 heterocycles. The molecule has 0 bridgehead atoms. The molecule has 5 rings (SSSR count). The number of hydrogen-bond acceptors (Lipinski definition) is 7. The van der Waals surface area contributed by atoms with Crippen LogP contribution in [0.3, 0.4) is 0 Å². The Balaban J connectivity index is 1.48. The van der Waals surface area contributed by atoms with E-state index < -0.39 is 29.0 Å². The maximum atomic E-state index is 13.8. The second kappa shape index (κ2) is 8.12. The number of carbonyl (C=O) groups excluding carboxylic acids is 1. The fourth-order valence-corrected chi connectivity index (χ4v) is 8.19. The fourth-order valence-electron chi connectivity index (χ4n) is 4.90. The second-order valence-electron chi connectivity index (χ2n) is 8.21. The Hall–Kier alpha value is -1.65. The van der Waals surface area contributed by atoms with E-state index >= 15 is 0 Å². The SMILES string of the molecule is COC1=[N][In][CH](C(=O)N(c2cnn3cccnc23)[C@H]2CCC3(C[C@@H]2C)OCCO3)C1. The summed E-state index contributed by atoms with van der Waals surface area (Å²) >= 11 is -1.44. The predicted molar refractivity (Wildman–Crippen MR) is 110 cm³/mol. The Morgan fingerprint density at radius 1 is 1.40 bits per heavy atom. The molecule has 1 saturated heterocycles. The van der Waals surface area contributed by atoms with Crippen molar-refractivity contribution < 1.29 is 19.0 Å². The standard InChI is InChI=1S/C20H25N5O4.In/c1-14-12-20(28-10-11-29-20)7-6-15(14)25(18(26)5-4-17(21)27-2)16-13-23-24-9-3-8-22-19(16)24;/h3,5,8-9,13-15H,4,6-7,10-12H2,1-2H3;/q-1;+1/t14-,15-;/m0./s1. The van der Waals surface area contributed by atoms with Crippen LogP contribution in [0, 0.1) is 5.92 Å². The summed E-state index contributed by atoms with van der Waals surface area (Å²) in [6.45, 7) is 3.47. The number of nitrogens with zero attached hydrogens (tertiary/aromatic N) is 5. The van der Waals surface area contributed by atoms with Crippen LogP contribution < -0.4 is 4.90 Å². The van der Waals surface area contributed by atoms with Crippen LogP contribution in [0.5, 0.6) is 0 Å². The van der Waals surface area contributed by atoms with Gasteiger partial charge in [-0.25, -0.2) is 0 Å². The zero-order valence-electron chi connectivity index (χ0n) is 17.2. The van der Waals surface area contributed by atoms with E-state index in [2.05, 4.69) is 20.0 Å². The predicted octanol–water partition coefficient (Wildman–Crippen LogP) is 1.85. The summed E-state index contributed by atoms with van der Waals surface area (Å²) in [5, 5.41) is 4.44. The zero-order valence-corrected chi connectivity index (χ0v) is 20.5. The molecule has 3 aliphatic rings. The molecule has 2 aromatic rings. The van der Waals surface area contributed by atoms with Gasteiger partial charge in [-0.3, -0.25) is 0 Å². The molecule has 2 aliphatic heterocycles. The van der Waals surface area contributed by atoms with E-state index in [0.29, 0.717) is 25.3 Å². The third kappa shape index (κ3) is 3.52. The van der Waals surface area contributed by atoms with E-state index in [1.165, 1.54) is 0 Å². The Labute approximate surface area is 186 Å². The molecule has 9 nitrogen and oxygen atoms in total. The van der Waals surface area contributed by atoms with Crippen molar-refractivity contribution in [3.8, 4) is 0 Å². The van der Waals surface area contributed by atoms with Crippen molar-refractivity contribution in [3.63, 3.8) is 0 Å². The molecule has 1 saturated carbocycles. The minimum atomic E-state index is -1.44. The van der Waals surface area contributed by atoms with Gasteiger partial charge in [0.15, 0.2) is 0 Å². The minimum absolute atomic E-state index is 0.0420. The molecule has 1 radical (unpaired) electrons. The molecule has 1 aliphatic carbocycles. The molecule has 0 aromatic carbocycles. The molecule has 0 N–H and O–H groups in total. The summed E-state index contributed by atoms with van der Waals surface area (Å²) in [7, 11) is 1.63. The van der Waals surface area contributed by atoms with Gasteiger partial charge in [-0.15, -0.1) is 0 Å². The number of hydrogen-bond donors (Lipinski definition) is 0. The summed E-state index contributed by atoms with van der Waals surface area (Å²) in [5.41, 5.74) is 1.47. The van der Waals surface area contributed by atoms with E-state index in [1.54, 1.807) is 24.0 Å². The third-order valence-corrected chi connectivity index (χ3v) is 10.1. The monoisotopic (exact) mass is 514 g/mol. The number of methoxy groups -OCH3 is 1. The Kier molecular flexibility index (Phi) is 5.49. The van der Waals surface area contributed by atoms with Gasteiger partial charge in [0, 0.05) is 0 Å². The van der Waals surface area contributed by atoms with Crippen LogP contribution >= 0.6 is 0 Å². The van der Waals surface area contributed by atoms with E-state index in [9.17, 15) is 4.79 Å². The number of aromatic nitrogens is 3.